The first-order valence-corrected chi connectivity index (χ1v) is 9.46. The van der Waals surface area contributed by atoms with Crippen LogP contribution >= 0.6 is 23.4 Å². The molecule has 1 atom stereocenters. The normalized spacial score (nSPS) is 15.5. The smallest absolute Gasteiger partial charge is 0.307 e. The van der Waals surface area contributed by atoms with E-state index in [9.17, 15) is 14.4 Å². The number of halogens is 1. The van der Waals surface area contributed by atoms with Crippen molar-refractivity contribution in [2.24, 2.45) is 0 Å². The number of aryl methyl sites for hydroxylation is 1. The van der Waals surface area contributed by atoms with Crippen molar-refractivity contribution in [2.45, 2.75) is 23.5 Å². The number of hydrogen-bond donors (Lipinski definition) is 2. The molecular formula is C19H17ClN2O4S. The number of fused-ring (bicyclic) bond motifs is 1. The van der Waals surface area contributed by atoms with Crippen molar-refractivity contribution >= 4 is 52.5 Å². The number of ether oxygens (including phenoxy) is 1. The Morgan fingerprint density at radius 2 is 2.04 bits per heavy atom. The summed E-state index contributed by atoms with van der Waals surface area (Å²) in [4.78, 5) is 37.0. The zero-order valence-electron chi connectivity index (χ0n) is 14.5. The van der Waals surface area contributed by atoms with Gasteiger partial charge in [0, 0.05) is 15.6 Å². The zero-order chi connectivity index (χ0) is 19.4. The molecule has 0 unspecified atom stereocenters. The maximum Gasteiger partial charge on any atom is 0.307 e. The van der Waals surface area contributed by atoms with Gasteiger partial charge < -0.3 is 15.4 Å². The molecular weight excluding hydrogens is 388 g/mol. The Morgan fingerprint density at radius 1 is 1.26 bits per heavy atom. The average Bonchev–Trinajstić information content (AvgIpc) is 2.64. The zero-order valence-corrected chi connectivity index (χ0v) is 16.0. The van der Waals surface area contributed by atoms with Gasteiger partial charge in [-0.2, -0.15) is 0 Å². The molecule has 0 saturated heterocycles. The first-order valence-electron chi connectivity index (χ1n) is 8.20. The highest BCUT2D eigenvalue weighted by molar-refractivity contribution is 8.01. The van der Waals surface area contributed by atoms with E-state index in [4.69, 9.17) is 16.3 Å². The number of esters is 1. The van der Waals surface area contributed by atoms with Crippen LogP contribution in [0.4, 0.5) is 11.4 Å². The first kappa shape index (κ1) is 19.3. The number of carbonyl (C=O) groups is 3. The van der Waals surface area contributed by atoms with Gasteiger partial charge in [0.25, 0.3) is 5.91 Å². The molecule has 0 fully saturated rings. The van der Waals surface area contributed by atoms with Crippen LogP contribution in [-0.2, 0) is 19.1 Å². The number of amides is 2. The van der Waals surface area contributed by atoms with E-state index < -0.39 is 23.7 Å². The van der Waals surface area contributed by atoms with E-state index in [1.165, 1.54) is 11.8 Å². The predicted octanol–water partition coefficient (Wildman–Crippen LogP) is 3.63. The van der Waals surface area contributed by atoms with Gasteiger partial charge in [0.05, 0.1) is 17.4 Å². The Labute approximate surface area is 165 Å². The van der Waals surface area contributed by atoms with E-state index in [0.29, 0.717) is 10.7 Å². The molecule has 0 saturated carbocycles. The predicted molar refractivity (Wildman–Crippen MR) is 105 cm³/mol. The third kappa shape index (κ3) is 5.02. The standard InChI is InChI=1S/C19H17ClN2O4S/c1-11-6-7-12(20)8-14(11)21-17(23)10-26-18(24)9-16-19(25)22-13-4-2-3-5-15(13)27-16/h2-8,16H,9-10H2,1H3,(H,21,23)(H,22,25)/t16-/m1/s1. The lowest BCUT2D eigenvalue weighted by Gasteiger charge is -2.23. The molecule has 2 aromatic carbocycles. The third-order valence-corrected chi connectivity index (χ3v) is 5.41. The quantitative estimate of drug-likeness (QED) is 0.743. The molecule has 8 heteroatoms. The molecule has 2 N–H and O–H groups in total. The molecule has 27 heavy (non-hydrogen) atoms. The Hall–Kier alpha value is -2.51. The summed E-state index contributed by atoms with van der Waals surface area (Å²) < 4.78 is 5.01. The summed E-state index contributed by atoms with van der Waals surface area (Å²) in [5.74, 6) is -1.34. The Morgan fingerprint density at radius 3 is 2.85 bits per heavy atom. The highest BCUT2D eigenvalue weighted by Gasteiger charge is 2.29. The molecule has 140 valence electrons. The van der Waals surface area contributed by atoms with Crippen LogP contribution in [0.2, 0.25) is 5.02 Å². The van der Waals surface area contributed by atoms with Gasteiger partial charge in [0.2, 0.25) is 5.91 Å². The van der Waals surface area contributed by atoms with Crippen LogP contribution in [0.3, 0.4) is 0 Å². The SMILES string of the molecule is Cc1ccc(Cl)cc1NC(=O)COC(=O)C[C@H]1Sc2ccccc2NC1=O. The highest BCUT2D eigenvalue weighted by Crippen LogP contribution is 2.36. The van der Waals surface area contributed by atoms with Crippen molar-refractivity contribution in [3.8, 4) is 0 Å². The molecule has 2 aromatic rings. The number of carbonyl (C=O) groups excluding carboxylic acids is 3. The largest absolute Gasteiger partial charge is 0.456 e. The first-order chi connectivity index (χ1) is 12.9. The van der Waals surface area contributed by atoms with Crippen LogP contribution < -0.4 is 10.6 Å². The maximum absolute atomic E-state index is 12.1. The number of thioether (sulfide) groups is 1. The van der Waals surface area contributed by atoms with Gasteiger partial charge in [-0.05, 0) is 36.8 Å². The lowest BCUT2D eigenvalue weighted by Crippen LogP contribution is -2.32. The Balaban J connectivity index is 1.50. The lowest BCUT2D eigenvalue weighted by atomic mass is 10.2. The fraction of sp³-hybridized carbons (Fsp3) is 0.211. The molecule has 0 radical (unpaired) electrons. The number of rotatable bonds is 5. The van der Waals surface area contributed by atoms with E-state index in [1.807, 2.05) is 25.1 Å². The van der Waals surface area contributed by atoms with E-state index in [2.05, 4.69) is 10.6 Å². The lowest BCUT2D eigenvalue weighted by molar-refractivity contribution is -0.147. The van der Waals surface area contributed by atoms with E-state index >= 15 is 0 Å². The minimum atomic E-state index is -0.611. The molecule has 0 aliphatic carbocycles. The molecule has 6 nitrogen and oxygen atoms in total. The Bertz CT molecular complexity index is 903. The number of nitrogens with one attached hydrogen (secondary N) is 2. The average molecular weight is 405 g/mol. The van der Waals surface area contributed by atoms with Crippen LogP contribution in [0, 0.1) is 6.92 Å². The second-order valence-corrected chi connectivity index (χ2v) is 7.65. The molecule has 1 aliphatic rings. The van der Waals surface area contributed by atoms with Crippen LogP contribution in [0.1, 0.15) is 12.0 Å². The molecule has 0 bridgehead atoms. The fourth-order valence-corrected chi connectivity index (χ4v) is 3.77. The summed E-state index contributed by atoms with van der Waals surface area (Å²) in [7, 11) is 0. The number of hydrogen-bond acceptors (Lipinski definition) is 5. The van der Waals surface area contributed by atoms with Gasteiger partial charge in [-0.3, -0.25) is 14.4 Å². The van der Waals surface area contributed by atoms with Crippen LogP contribution in [0.25, 0.3) is 0 Å². The molecule has 2 amide bonds. The summed E-state index contributed by atoms with van der Waals surface area (Å²) >= 11 is 7.21. The summed E-state index contributed by atoms with van der Waals surface area (Å²) in [6.07, 6.45) is -0.117. The monoisotopic (exact) mass is 404 g/mol. The van der Waals surface area contributed by atoms with E-state index in [1.54, 1.807) is 24.3 Å². The van der Waals surface area contributed by atoms with Crippen molar-refractivity contribution in [1.29, 1.82) is 0 Å². The summed E-state index contributed by atoms with van der Waals surface area (Å²) in [5.41, 5.74) is 2.13. The minimum absolute atomic E-state index is 0.117. The van der Waals surface area contributed by atoms with Crippen LogP contribution in [-0.4, -0.2) is 29.6 Å². The van der Waals surface area contributed by atoms with Crippen molar-refractivity contribution in [1.82, 2.24) is 0 Å². The minimum Gasteiger partial charge on any atom is -0.456 e. The number of para-hydroxylation sites is 1. The van der Waals surface area contributed by atoms with Crippen LogP contribution in [0.15, 0.2) is 47.4 Å². The van der Waals surface area contributed by atoms with Gasteiger partial charge in [0.15, 0.2) is 6.61 Å². The summed E-state index contributed by atoms with van der Waals surface area (Å²) in [6.45, 7) is 1.40. The van der Waals surface area contributed by atoms with Crippen molar-refractivity contribution < 1.29 is 19.1 Å². The molecule has 0 aromatic heterocycles. The highest BCUT2D eigenvalue weighted by atomic mass is 35.5. The second kappa shape index (κ2) is 8.45. The van der Waals surface area contributed by atoms with Crippen molar-refractivity contribution in [3.05, 3.63) is 53.1 Å². The topological polar surface area (TPSA) is 84.5 Å². The van der Waals surface area contributed by atoms with Crippen molar-refractivity contribution in [3.63, 3.8) is 0 Å². The van der Waals surface area contributed by atoms with Gasteiger partial charge in [0.1, 0.15) is 0 Å². The molecule has 1 heterocycles. The van der Waals surface area contributed by atoms with Crippen molar-refractivity contribution in [2.75, 3.05) is 17.2 Å². The molecule has 0 spiro atoms. The van der Waals surface area contributed by atoms with Gasteiger partial charge >= 0.3 is 5.97 Å². The molecule has 1 aliphatic heterocycles. The Kier molecular flexibility index (Phi) is 6.03. The fourth-order valence-electron chi connectivity index (χ4n) is 2.50. The van der Waals surface area contributed by atoms with E-state index in [-0.39, 0.29) is 12.3 Å². The summed E-state index contributed by atoms with van der Waals surface area (Å²) in [5, 5.41) is 5.31. The van der Waals surface area contributed by atoms with Gasteiger partial charge in [-0.15, -0.1) is 11.8 Å². The number of anilines is 2. The van der Waals surface area contributed by atoms with Crippen LogP contribution in [0.5, 0.6) is 0 Å². The molecule has 3 rings (SSSR count). The maximum atomic E-state index is 12.1. The second-order valence-electron chi connectivity index (χ2n) is 5.96. The number of benzene rings is 2. The summed E-state index contributed by atoms with van der Waals surface area (Å²) in [6, 6.07) is 12.5. The third-order valence-electron chi connectivity index (χ3n) is 3.90. The van der Waals surface area contributed by atoms with E-state index in [0.717, 1.165) is 16.1 Å². The van der Waals surface area contributed by atoms with Gasteiger partial charge in [-0.25, -0.2) is 0 Å². The van der Waals surface area contributed by atoms with Gasteiger partial charge in [-0.1, -0.05) is 29.8 Å².